The van der Waals surface area contributed by atoms with Gasteiger partial charge < -0.3 is 23.5 Å². The van der Waals surface area contributed by atoms with Gasteiger partial charge in [-0.2, -0.15) is 0 Å². The van der Waals surface area contributed by atoms with Crippen LogP contribution in [0, 0.1) is 0 Å². The van der Waals surface area contributed by atoms with Gasteiger partial charge in [0, 0.05) is 0 Å². The van der Waals surface area contributed by atoms with Crippen LogP contribution in [0.15, 0.2) is 0 Å². The fourth-order valence-electron chi connectivity index (χ4n) is 0. The van der Waals surface area contributed by atoms with E-state index >= 15 is 0 Å². The molecule has 0 rings (SSSR count). The molecule has 0 nitrogen and oxygen atoms in total. The minimum absolute atomic E-state index is 0. The third-order valence-corrected chi connectivity index (χ3v) is 0. The number of halogens is 6. The average Bonchev–Trinajstić information content (AvgIpc) is 0. The van der Waals surface area contributed by atoms with Gasteiger partial charge in [0.15, 0.2) is 0 Å². The van der Waals surface area contributed by atoms with Gasteiger partial charge in [0.1, 0.15) is 0 Å². The maximum Gasteiger partial charge on any atom is 5.00 e. The van der Waals surface area contributed by atoms with Crippen LogP contribution in [0.1, 0.15) is 0 Å². The summed E-state index contributed by atoms with van der Waals surface area (Å²) in [5.41, 5.74) is 0. The Labute approximate surface area is 51.4 Å². The van der Waals surface area contributed by atoms with E-state index in [2.05, 4.69) is 0 Å². The maximum atomic E-state index is 0. The first-order valence-electron chi connectivity index (χ1n) is 0. The zero-order chi connectivity index (χ0) is 0. The Balaban J connectivity index is 0. The molecule has 0 amide bonds. The standard InChI is InChI=1S/6FH.Ta/h6*1H;/q;;;;;;+5/p-5. The molecule has 0 radical (unpaired) electrons. The molecule has 0 saturated carbocycles. The molecular formula is HF6Ta. The first-order chi connectivity index (χ1) is 0. The number of hydrogen-bond donors (Lipinski definition) is 0. The molecule has 0 aliphatic rings. The van der Waals surface area contributed by atoms with Gasteiger partial charge in [0.2, 0.25) is 0 Å². The van der Waals surface area contributed by atoms with Gasteiger partial charge in [-0.25, -0.2) is 0 Å². The number of rotatable bonds is 0. The molecule has 7 heteroatoms. The van der Waals surface area contributed by atoms with E-state index in [1.54, 1.807) is 0 Å². The van der Waals surface area contributed by atoms with Crippen LogP contribution in [0.5, 0.6) is 0 Å². The van der Waals surface area contributed by atoms with Crippen molar-refractivity contribution in [3.63, 3.8) is 0 Å². The molecule has 0 aliphatic heterocycles. The van der Waals surface area contributed by atoms with E-state index in [4.69, 9.17) is 0 Å². The predicted molar refractivity (Wildman–Crippen MR) is 2.50 cm³/mol. The summed E-state index contributed by atoms with van der Waals surface area (Å²) in [4.78, 5) is 0. The van der Waals surface area contributed by atoms with Gasteiger partial charge in [-0.15, -0.1) is 0 Å². The van der Waals surface area contributed by atoms with Gasteiger partial charge in [-0.1, -0.05) is 0 Å². The summed E-state index contributed by atoms with van der Waals surface area (Å²) >= 11 is 0. The Morgan fingerprint density at radius 3 is 0.429 bits per heavy atom. The molecule has 0 bridgehead atoms. The Morgan fingerprint density at radius 2 is 0.429 bits per heavy atom. The largest absolute Gasteiger partial charge is 5.00 e. The quantitative estimate of drug-likeness (QED) is 0.390. The van der Waals surface area contributed by atoms with E-state index in [0.29, 0.717) is 0 Å². The third kappa shape index (κ3) is 1150. The zero-order valence-corrected chi connectivity index (χ0v) is 5.96. The van der Waals surface area contributed by atoms with Crippen LogP contribution in [0.2, 0.25) is 0 Å². The minimum atomic E-state index is 0. The third-order valence-electron chi connectivity index (χ3n) is 0. The van der Waals surface area contributed by atoms with Gasteiger partial charge in [-0.3, -0.25) is 4.70 Å². The molecule has 0 spiro atoms. The molecule has 0 aromatic carbocycles. The molecule has 48 valence electrons. The molecular weight excluding hydrogens is 295 g/mol. The van der Waals surface area contributed by atoms with Crippen LogP contribution in [-0.4, -0.2) is 0 Å². The average molecular weight is 296 g/mol. The Hall–Kier alpha value is 0.320. The summed E-state index contributed by atoms with van der Waals surface area (Å²) in [6.07, 6.45) is 0. The molecule has 0 heterocycles. The van der Waals surface area contributed by atoms with Crippen molar-refractivity contribution in [3.8, 4) is 0 Å². The van der Waals surface area contributed by atoms with Crippen LogP contribution in [0.25, 0.3) is 0 Å². The van der Waals surface area contributed by atoms with Gasteiger partial charge in [0.25, 0.3) is 0 Å². The van der Waals surface area contributed by atoms with Crippen LogP contribution in [0.4, 0.5) is 4.70 Å². The van der Waals surface area contributed by atoms with Crippen LogP contribution >= 0.6 is 0 Å². The van der Waals surface area contributed by atoms with Crippen molar-refractivity contribution in [1.82, 2.24) is 0 Å². The number of hydrogen-bond acceptors (Lipinski definition) is 0. The van der Waals surface area contributed by atoms with Gasteiger partial charge in [0.05, 0.1) is 0 Å². The molecule has 0 N–H and O–H groups in total. The predicted octanol–water partition coefficient (Wildman–Crippen LogP) is -14.8. The molecule has 0 fully saturated rings. The first kappa shape index (κ1) is 2850. The smallest absolute Gasteiger partial charge is 1.00 e. The monoisotopic (exact) mass is 296 g/mol. The molecule has 0 aromatic rings. The Kier molecular flexibility index (Phi) is 710000. The van der Waals surface area contributed by atoms with E-state index in [9.17, 15) is 0 Å². The van der Waals surface area contributed by atoms with E-state index < -0.39 is 0 Å². The van der Waals surface area contributed by atoms with E-state index in [1.165, 1.54) is 0 Å². The summed E-state index contributed by atoms with van der Waals surface area (Å²) in [6, 6.07) is 0. The normalized spacial score (nSPS) is 0. The van der Waals surface area contributed by atoms with Gasteiger partial charge >= 0.3 is 22.4 Å². The van der Waals surface area contributed by atoms with Crippen molar-refractivity contribution in [1.29, 1.82) is 0 Å². The molecule has 0 unspecified atom stereocenters. The Morgan fingerprint density at radius 1 is 0.429 bits per heavy atom. The fraction of sp³-hybridized carbons (Fsp3) is 0. The second-order valence-electron chi connectivity index (χ2n) is 0. The van der Waals surface area contributed by atoms with Crippen molar-refractivity contribution >= 4 is 0 Å². The summed E-state index contributed by atoms with van der Waals surface area (Å²) in [5.74, 6) is 0. The van der Waals surface area contributed by atoms with Gasteiger partial charge in [-0.05, 0) is 0 Å². The molecule has 0 aliphatic carbocycles. The summed E-state index contributed by atoms with van der Waals surface area (Å²) < 4.78 is 0. The second-order valence-corrected chi connectivity index (χ2v) is 0. The van der Waals surface area contributed by atoms with Crippen molar-refractivity contribution in [2.24, 2.45) is 0 Å². The Bertz CT molecular complexity index is 4.14. The van der Waals surface area contributed by atoms with Crippen LogP contribution in [-0.2, 0) is 22.4 Å². The summed E-state index contributed by atoms with van der Waals surface area (Å²) in [5, 5.41) is 0. The van der Waals surface area contributed by atoms with Crippen molar-refractivity contribution in [2.75, 3.05) is 0 Å². The van der Waals surface area contributed by atoms with Crippen molar-refractivity contribution in [3.05, 3.63) is 0 Å². The maximum absolute atomic E-state index is 0. The molecule has 0 atom stereocenters. The fourth-order valence-corrected chi connectivity index (χ4v) is 0. The van der Waals surface area contributed by atoms with Crippen LogP contribution < -0.4 is 23.5 Å². The molecule has 7 heavy (non-hydrogen) atoms. The van der Waals surface area contributed by atoms with Crippen molar-refractivity contribution < 1.29 is 50.6 Å². The summed E-state index contributed by atoms with van der Waals surface area (Å²) in [6.45, 7) is 0. The SMILES string of the molecule is F.[F-].[F-].[F-].[F-].[F-].[Ta+5]. The minimum Gasteiger partial charge on any atom is -1.00 e. The van der Waals surface area contributed by atoms with E-state index in [-0.39, 0.29) is 50.6 Å². The molecule has 0 aromatic heterocycles. The van der Waals surface area contributed by atoms with Crippen molar-refractivity contribution in [2.45, 2.75) is 0 Å². The first-order valence-corrected chi connectivity index (χ1v) is 0. The molecule has 0 saturated heterocycles. The van der Waals surface area contributed by atoms with E-state index in [0.717, 1.165) is 0 Å². The zero-order valence-electron chi connectivity index (χ0n) is 2.75. The second kappa shape index (κ2) is 1740. The van der Waals surface area contributed by atoms with E-state index in [1.807, 2.05) is 0 Å². The summed E-state index contributed by atoms with van der Waals surface area (Å²) in [7, 11) is 0. The van der Waals surface area contributed by atoms with Crippen LogP contribution in [0.3, 0.4) is 0 Å². The topological polar surface area (TPSA) is 0 Å².